The van der Waals surface area contributed by atoms with Crippen molar-refractivity contribution < 1.29 is 23.8 Å². The lowest BCUT2D eigenvalue weighted by Gasteiger charge is -2.22. The zero-order valence-electron chi connectivity index (χ0n) is 18.9. The maximum absolute atomic E-state index is 12.9. The van der Waals surface area contributed by atoms with E-state index in [0.717, 1.165) is 38.0 Å². The summed E-state index contributed by atoms with van der Waals surface area (Å²) in [5.74, 6) is 0.565. The van der Waals surface area contributed by atoms with Crippen molar-refractivity contribution >= 4 is 23.2 Å². The minimum Gasteiger partial charge on any atom is -0.497 e. The van der Waals surface area contributed by atoms with Crippen molar-refractivity contribution in [2.45, 2.75) is 19.3 Å². The van der Waals surface area contributed by atoms with Crippen LogP contribution in [0.5, 0.6) is 11.5 Å². The summed E-state index contributed by atoms with van der Waals surface area (Å²) >= 11 is 0. The third kappa shape index (κ3) is 5.91. The van der Waals surface area contributed by atoms with Gasteiger partial charge in [-0.1, -0.05) is 0 Å². The van der Waals surface area contributed by atoms with E-state index in [0.29, 0.717) is 41.5 Å². The monoisotopic (exact) mass is 441 g/mol. The summed E-state index contributed by atoms with van der Waals surface area (Å²) in [6, 6.07) is 10.4. The molecule has 0 radical (unpaired) electrons. The number of anilines is 2. The lowest BCUT2D eigenvalue weighted by Crippen LogP contribution is -2.29. The molecule has 1 heterocycles. The molecule has 8 heteroatoms. The molecular weight excluding hydrogens is 410 g/mol. The molecule has 0 spiro atoms. The third-order valence-electron chi connectivity index (χ3n) is 5.37. The molecule has 0 atom stereocenters. The van der Waals surface area contributed by atoms with Crippen LogP contribution in [-0.4, -0.2) is 59.4 Å². The van der Waals surface area contributed by atoms with Crippen LogP contribution in [0.2, 0.25) is 0 Å². The number of amides is 2. The number of nitrogens with one attached hydrogen (secondary N) is 2. The van der Waals surface area contributed by atoms with E-state index in [4.69, 9.17) is 14.2 Å². The predicted octanol–water partition coefficient (Wildman–Crippen LogP) is 3.32. The highest BCUT2D eigenvalue weighted by molar-refractivity contribution is 6.06. The molecule has 2 aromatic rings. The van der Waals surface area contributed by atoms with Crippen LogP contribution in [0.25, 0.3) is 0 Å². The molecule has 0 saturated carbocycles. The Morgan fingerprint density at radius 3 is 2.25 bits per heavy atom. The number of benzene rings is 2. The third-order valence-corrected chi connectivity index (χ3v) is 5.37. The zero-order chi connectivity index (χ0) is 22.9. The van der Waals surface area contributed by atoms with E-state index in [2.05, 4.69) is 15.5 Å². The quantitative estimate of drug-likeness (QED) is 0.550. The van der Waals surface area contributed by atoms with Crippen molar-refractivity contribution in [3.8, 4) is 11.5 Å². The number of rotatable bonds is 10. The van der Waals surface area contributed by atoms with Gasteiger partial charge in [0.05, 0.1) is 19.8 Å². The first-order chi connectivity index (χ1) is 15.5. The molecule has 2 N–H and O–H groups in total. The van der Waals surface area contributed by atoms with Gasteiger partial charge in [0, 0.05) is 56.4 Å². The molecule has 1 saturated heterocycles. The fourth-order valence-electron chi connectivity index (χ4n) is 3.68. The zero-order valence-corrected chi connectivity index (χ0v) is 18.9. The fraction of sp³-hybridized carbons (Fsp3) is 0.417. The Kier molecular flexibility index (Phi) is 8.33. The average Bonchev–Trinajstić information content (AvgIpc) is 3.36. The highest BCUT2D eigenvalue weighted by atomic mass is 16.5. The van der Waals surface area contributed by atoms with Crippen molar-refractivity contribution in [1.29, 1.82) is 0 Å². The first-order valence-electron chi connectivity index (χ1n) is 10.8. The number of methoxy groups -OCH3 is 3. The van der Waals surface area contributed by atoms with Crippen molar-refractivity contribution in [2.75, 3.05) is 57.8 Å². The van der Waals surface area contributed by atoms with Gasteiger partial charge in [0.2, 0.25) is 0 Å². The highest BCUT2D eigenvalue weighted by Gasteiger charge is 2.21. The van der Waals surface area contributed by atoms with Gasteiger partial charge in [0.25, 0.3) is 11.8 Å². The van der Waals surface area contributed by atoms with Gasteiger partial charge in [-0.3, -0.25) is 9.59 Å². The molecule has 2 amide bonds. The van der Waals surface area contributed by atoms with E-state index in [1.165, 1.54) is 14.2 Å². The van der Waals surface area contributed by atoms with Gasteiger partial charge < -0.3 is 29.7 Å². The second-order valence-electron chi connectivity index (χ2n) is 7.58. The van der Waals surface area contributed by atoms with Crippen LogP contribution in [0.1, 0.15) is 40.0 Å². The van der Waals surface area contributed by atoms with Gasteiger partial charge >= 0.3 is 0 Å². The van der Waals surface area contributed by atoms with Gasteiger partial charge in [-0.25, -0.2) is 0 Å². The SMILES string of the molecule is COCCCNC(=O)c1cc(NC(=O)c2cc(OC)cc(OC)c2)ccc1N1CCCC1. The lowest BCUT2D eigenvalue weighted by molar-refractivity contribution is 0.0947. The number of nitrogens with zero attached hydrogens (tertiary/aromatic N) is 1. The van der Waals surface area contributed by atoms with Gasteiger partial charge in [-0.15, -0.1) is 0 Å². The molecule has 2 aromatic carbocycles. The van der Waals surface area contributed by atoms with Gasteiger partial charge in [0.15, 0.2) is 0 Å². The minimum atomic E-state index is -0.317. The Labute approximate surface area is 188 Å². The predicted molar refractivity (Wildman–Crippen MR) is 124 cm³/mol. The summed E-state index contributed by atoms with van der Waals surface area (Å²) in [5, 5.41) is 5.83. The number of carbonyl (C=O) groups excluding carboxylic acids is 2. The molecule has 1 fully saturated rings. The van der Waals surface area contributed by atoms with E-state index in [1.807, 2.05) is 12.1 Å². The van der Waals surface area contributed by atoms with Crippen LogP contribution in [0.3, 0.4) is 0 Å². The van der Waals surface area contributed by atoms with E-state index in [1.54, 1.807) is 31.4 Å². The van der Waals surface area contributed by atoms with Crippen molar-refractivity contribution in [1.82, 2.24) is 5.32 Å². The molecule has 0 unspecified atom stereocenters. The van der Waals surface area contributed by atoms with Crippen molar-refractivity contribution in [2.24, 2.45) is 0 Å². The van der Waals surface area contributed by atoms with Crippen molar-refractivity contribution in [3.63, 3.8) is 0 Å². The van der Waals surface area contributed by atoms with Crippen LogP contribution in [-0.2, 0) is 4.74 Å². The number of carbonyl (C=O) groups is 2. The molecular formula is C24H31N3O5. The largest absolute Gasteiger partial charge is 0.497 e. The van der Waals surface area contributed by atoms with Crippen molar-refractivity contribution in [3.05, 3.63) is 47.5 Å². The Balaban J connectivity index is 1.82. The molecule has 1 aliphatic heterocycles. The van der Waals surface area contributed by atoms with Gasteiger partial charge in [-0.05, 0) is 49.6 Å². The number of ether oxygens (including phenoxy) is 3. The average molecular weight is 442 g/mol. The molecule has 0 bridgehead atoms. The highest BCUT2D eigenvalue weighted by Crippen LogP contribution is 2.28. The second kappa shape index (κ2) is 11.4. The van der Waals surface area contributed by atoms with E-state index >= 15 is 0 Å². The Morgan fingerprint density at radius 2 is 1.62 bits per heavy atom. The molecule has 0 aliphatic carbocycles. The van der Waals surface area contributed by atoms with E-state index < -0.39 is 0 Å². The van der Waals surface area contributed by atoms with Crippen LogP contribution < -0.4 is 25.0 Å². The maximum Gasteiger partial charge on any atom is 0.255 e. The van der Waals surface area contributed by atoms with Crippen LogP contribution in [0.15, 0.2) is 36.4 Å². The summed E-state index contributed by atoms with van der Waals surface area (Å²) in [7, 11) is 4.70. The van der Waals surface area contributed by atoms with Gasteiger partial charge in [-0.2, -0.15) is 0 Å². The Bertz CT molecular complexity index is 919. The summed E-state index contributed by atoms with van der Waals surface area (Å²) in [5.41, 5.74) is 2.37. The van der Waals surface area contributed by atoms with Crippen LogP contribution in [0.4, 0.5) is 11.4 Å². The molecule has 3 rings (SSSR count). The number of hydrogen-bond donors (Lipinski definition) is 2. The second-order valence-corrected chi connectivity index (χ2v) is 7.58. The summed E-state index contributed by atoms with van der Waals surface area (Å²) in [4.78, 5) is 28.0. The van der Waals surface area contributed by atoms with Gasteiger partial charge in [0.1, 0.15) is 11.5 Å². The molecule has 8 nitrogen and oxygen atoms in total. The van der Waals surface area contributed by atoms with Crippen LogP contribution >= 0.6 is 0 Å². The smallest absolute Gasteiger partial charge is 0.255 e. The van der Waals surface area contributed by atoms with E-state index in [9.17, 15) is 9.59 Å². The molecule has 1 aliphatic rings. The van der Waals surface area contributed by atoms with Crippen LogP contribution in [0, 0.1) is 0 Å². The summed E-state index contributed by atoms with van der Waals surface area (Å²) < 4.78 is 15.5. The molecule has 172 valence electrons. The Hall–Kier alpha value is -3.26. The topological polar surface area (TPSA) is 89.1 Å². The van der Waals surface area contributed by atoms with E-state index in [-0.39, 0.29) is 11.8 Å². The first kappa shape index (κ1) is 23.4. The standard InChI is InChI=1S/C24H31N3O5/c1-30-12-6-9-25-24(29)21-15-18(7-8-22(21)27-10-4-5-11-27)26-23(28)17-13-19(31-2)16-20(14-17)32-3/h7-8,13-16H,4-6,9-12H2,1-3H3,(H,25,29)(H,26,28). The Morgan fingerprint density at radius 1 is 0.938 bits per heavy atom. The molecule has 0 aromatic heterocycles. The first-order valence-corrected chi connectivity index (χ1v) is 10.8. The number of hydrogen-bond acceptors (Lipinski definition) is 6. The summed E-state index contributed by atoms with van der Waals surface area (Å²) in [6.45, 7) is 2.93. The summed E-state index contributed by atoms with van der Waals surface area (Å²) in [6.07, 6.45) is 2.94. The maximum atomic E-state index is 12.9. The minimum absolute atomic E-state index is 0.165. The normalized spacial score (nSPS) is 13.0. The molecule has 32 heavy (non-hydrogen) atoms. The fourth-order valence-corrected chi connectivity index (χ4v) is 3.68. The lowest BCUT2D eigenvalue weighted by atomic mass is 10.1.